The van der Waals surface area contributed by atoms with Crippen LogP contribution in [0.3, 0.4) is 0 Å². The molecule has 2 aromatic heterocycles. The van der Waals surface area contributed by atoms with E-state index in [0.717, 1.165) is 16.6 Å². The standard InChI is InChI=1S/C19H19N5O2/c25-17-11-13(19(26)21-10-8-14-5-3-4-9-20-14)12-24(17)18-15-6-1-2-7-16(15)22-23-18/h1-7,9,13H,8,10-12H2,(H,21,26)(H,22,23)/t13-/m1/s1. The first kappa shape index (κ1) is 16.3. The molecular weight excluding hydrogens is 330 g/mol. The summed E-state index contributed by atoms with van der Waals surface area (Å²) >= 11 is 0. The van der Waals surface area contributed by atoms with Crippen molar-refractivity contribution in [3.8, 4) is 0 Å². The monoisotopic (exact) mass is 349 g/mol. The molecule has 0 aliphatic carbocycles. The van der Waals surface area contributed by atoms with Crippen LogP contribution in [-0.4, -0.2) is 40.1 Å². The summed E-state index contributed by atoms with van der Waals surface area (Å²) in [4.78, 5) is 30.7. The Morgan fingerprint density at radius 2 is 2.08 bits per heavy atom. The fourth-order valence-corrected chi connectivity index (χ4v) is 3.25. The summed E-state index contributed by atoms with van der Waals surface area (Å²) in [6, 6.07) is 13.4. The molecule has 1 atom stereocenters. The number of carbonyl (C=O) groups is 2. The van der Waals surface area contributed by atoms with E-state index in [1.54, 1.807) is 11.1 Å². The van der Waals surface area contributed by atoms with Crippen molar-refractivity contribution in [1.82, 2.24) is 20.5 Å². The van der Waals surface area contributed by atoms with Gasteiger partial charge >= 0.3 is 0 Å². The topological polar surface area (TPSA) is 91.0 Å². The van der Waals surface area contributed by atoms with Crippen molar-refractivity contribution in [2.75, 3.05) is 18.0 Å². The van der Waals surface area contributed by atoms with Gasteiger partial charge in [-0.25, -0.2) is 0 Å². The number of carbonyl (C=O) groups excluding carboxylic acids is 2. The van der Waals surface area contributed by atoms with Gasteiger partial charge in [0.1, 0.15) is 0 Å². The molecule has 1 saturated heterocycles. The number of aromatic amines is 1. The molecule has 4 rings (SSSR count). The molecule has 7 heteroatoms. The number of nitrogens with zero attached hydrogens (tertiary/aromatic N) is 3. The molecule has 1 aliphatic rings. The van der Waals surface area contributed by atoms with Gasteiger partial charge in [0.05, 0.1) is 11.4 Å². The lowest BCUT2D eigenvalue weighted by Gasteiger charge is -2.14. The average Bonchev–Trinajstić information content (AvgIpc) is 3.26. The largest absolute Gasteiger partial charge is 0.355 e. The SMILES string of the molecule is O=C(NCCc1ccccn1)[C@@H]1CC(=O)N(c2n[nH]c3ccccc23)C1. The molecule has 0 radical (unpaired) electrons. The van der Waals surface area contributed by atoms with Crippen LogP contribution in [0.15, 0.2) is 48.7 Å². The highest BCUT2D eigenvalue weighted by Gasteiger charge is 2.36. The van der Waals surface area contributed by atoms with Crippen molar-refractivity contribution in [1.29, 1.82) is 0 Å². The number of anilines is 1. The number of H-pyrrole nitrogens is 1. The highest BCUT2D eigenvalue weighted by molar-refractivity contribution is 6.05. The number of hydrogen-bond donors (Lipinski definition) is 2. The summed E-state index contributed by atoms with van der Waals surface area (Å²) in [6.07, 6.45) is 2.61. The molecule has 2 N–H and O–H groups in total. The summed E-state index contributed by atoms with van der Waals surface area (Å²) in [5.41, 5.74) is 1.80. The second-order valence-corrected chi connectivity index (χ2v) is 6.36. The number of rotatable bonds is 5. The van der Waals surface area contributed by atoms with Crippen LogP contribution in [0.4, 0.5) is 5.82 Å². The number of nitrogens with one attached hydrogen (secondary N) is 2. The van der Waals surface area contributed by atoms with Crippen LogP contribution in [0.5, 0.6) is 0 Å². The third kappa shape index (κ3) is 3.15. The van der Waals surface area contributed by atoms with Crippen molar-refractivity contribution in [2.45, 2.75) is 12.8 Å². The van der Waals surface area contributed by atoms with Gasteiger partial charge in [-0.3, -0.25) is 24.6 Å². The molecule has 1 aromatic carbocycles. The molecule has 3 aromatic rings. The van der Waals surface area contributed by atoms with Gasteiger partial charge in [-0.2, -0.15) is 5.10 Å². The van der Waals surface area contributed by atoms with Crippen molar-refractivity contribution in [3.63, 3.8) is 0 Å². The van der Waals surface area contributed by atoms with Crippen LogP contribution < -0.4 is 10.2 Å². The summed E-state index contributed by atoms with van der Waals surface area (Å²) in [6.45, 7) is 0.856. The highest BCUT2D eigenvalue weighted by atomic mass is 16.2. The lowest BCUT2D eigenvalue weighted by atomic mass is 10.1. The summed E-state index contributed by atoms with van der Waals surface area (Å²) in [7, 11) is 0. The van der Waals surface area contributed by atoms with Gasteiger partial charge in [-0.15, -0.1) is 0 Å². The minimum absolute atomic E-state index is 0.0767. The number of benzene rings is 1. The number of fused-ring (bicyclic) bond motifs is 1. The van der Waals surface area contributed by atoms with Crippen molar-refractivity contribution < 1.29 is 9.59 Å². The minimum Gasteiger partial charge on any atom is -0.355 e. The Hall–Kier alpha value is -3.22. The number of hydrogen-bond acceptors (Lipinski definition) is 4. The molecule has 1 fully saturated rings. The second-order valence-electron chi connectivity index (χ2n) is 6.36. The quantitative estimate of drug-likeness (QED) is 0.733. The lowest BCUT2D eigenvalue weighted by molar-refractivity contribution is -0.126. The molecule has 1 aliphatic heterocycles. The van der Waals surface area contributed by atoms with E-state index in [0.29, 0.717) is 25.3 Å². The molecule has 132 valence electrons. The van der Waals surface area contributed by atoms with Crippen LogP contribution in [0, 0.1) is 5.92 Å². The lowest BCUT2D eigenvalue weighted by Crippen LogP contribution is -2.34. The number of aromatic nitrogens is 3. The second kappa shape index (κ2) is 6.95. The first-order valence-corrected chi connectivity index (χ1v) is 8.63. The van der Waals surface area contributed by atoms with E-state index in [1.165, 1.54) is 0 Å². The van der Waals surface area contributed by atoms with Crippen LogP contribution in [0.25, 0.3) is 10.9 Å². The Morgan fingerprint density at radius 1 is 1.23 bits per heavy atom. The maximum atomic E-state index is 12.4. The van der Waals surface area contributed by atoms with Gasteiger partial charge in [-0.05, 0) is 24.3 Å². The van der Waals surface area contributed by atoms with Gasteiger partial charge in [0.2, 0.25) is 11.8 Å². The fraction of sp³-hybridized carbons (Fsp3) is 0.263. The number of para-hydroxylation sites is 1. The van der Waals surface area contributed by atoms with E-state index < -0.39 is 0 Å². The number of amides is 2. The Bertz CT molecular complexity index is 937. The molecule has 2 amide bonds. The zero-order chi connectivity index (χ0) is 17.9. The van der Waals surface area contributed by atoms with Crippen LogP contribution in [-0.2, 0) is 16.0 Å². The molecule has 0 bridgehead atoms. The fourth-order valence-electron chi connectivity index (χ4n) is 3.25. The van der Waals surface area contributed by atoms with Gasteiger partial charge in [-0.1, -0.05) is 18.2 Å². The third-order valence-electron chi connectivity index (χ3n) is 4.61. The molecule has 0 unspecified atom stereocenters. The van der Waals surface area contributed by atoms with E-state index >= 15 is 0 Å². The summed E-state index contributed by atoms with van der Waals surface area (Å²) in [5, 5.41) is 11.0. The first-order chi connectivity index (χ1) is 12.7. The van der Waals surface area contributed by atoms with Gasteiger partial charge in [0.15, 0.2) is 5.82 Å². The highest BCUT2D eigenvalue weighted by Crippen LogP contribution is 2.29. The smallest absolute Gasteiger partial charge is 0.229 e. The Morgan fingerprint density at radius 3 is 2.92 bits per heavy atom. The van der Waals surface area contributed by atoms with E-state index in [1.807, 2.05) is 42.5 Å². The average molecular weight is 349 g/mol. The van der Waals surface area contributed by atoms with Gasteiger partial charge < -0.3 is 5.32 Å². The predicted octanol–water partition coefficient (Wildman–Crippen LogP) is 1.67. The molecule has 26 heavy (non-hydrogen) atoms. The molecule has 0 spiro atoms. The van der Waals surface area contributed by atoms with Gasteiger partial charge in [0.25, 0.3) is 0 Å². The summed E-state index contributed by atoms with van der Waals surface area (Å²) < 4.78 is 0. The normalized spacial score (nSPS) is 17.0. The first-order valence-electron chi connectivity index (χ1n) is 8.63. The number of pyridine rings is 1. The Kier molecular flexibility index (Phi) is 4.35. The van der Waals surface area contributed by atoms with Crippen molar-refractivity contribution in [3.05, 3.63) is 54.4 Å². The summed E-state index contributed by atoms with van der Waals surface area (Å²) in [5.74, 6) is 0.0554. The maximum Gasteiger partial charge on any atom is 0.229 e. The molecule has 3 heterocycles. The molecular formula is C19H19N5O2. The van der Waals surface area contributed by atoms with Crippen LogP contribution in [0.2, 0.25) is 0 Å². The molecule has 0 saturated carbocycles. The van der Waals surface area contributed by atoms with E-state index in [9.17, 15) is 9.59 Å². The minimum atomic E-state index is -0.360. The van der Waals surface area contributed by atoms with Crippen LogP contribution in [0.1, 0.15) is 12.1 Å². The van der Waals surface area contributed by atoms with E-state index in [-0.39, 0.29) is 24.2 Å². The third-order valence-corrected chi connectivity index (χ3v) is 4.61. The van der Waals surface area contributed by atoms with Crippen LogP contribution >= 0.6 is 0 Å². The van der Waals surface area contributed by atoms with Gasteiger partial charge in [0, 0.05) is 43.2 Å². The Balaban J connectivity index is 1.39. The van der Waals surface area contributed by atoms with Crippen molar-refractivity contribution >= 4 is 28.5 Å². The zero-order valence-corrected chi connectivity index (χ0v) is 14.2. The van der Waals surface area contributed by atoms with Crippen molar-refractivity contribution in [2.24, 2.45) is 5.92 Å². The molecule has 7 nitrogen and oxygen atoms in total. The Labute approximate surface area is 150 Å². The zero-order valence-electron chi connectivity index (χ0n) is 14.2. The van der Waals surface area contributed by atoms with E-state index in [2.05, 4.69) is 20.5 Å². The maximum absolute atomic E-state index is 12.4. The predicted molar refractivity (Wildman–Crippen MR) is 97.5 cm³/mol. The van der Waals surface area contributed by atoms with E-state index in [4.69, 9.17) is 0 Å².